The van der Waals surface area contributed by atoms with Gasteiger partial charge >= 0.3 is 0 Å². The van der Waals surface area contributed by atoms with Gasteiger partial charge in [-0.2, -0.15) is 0 Å². The molecule has 1 aromatic heterocycles. The summed E-state index contributed by atoms with van der Waals surface area (Å²) in [5.41, 5.74) is 0.946. The van der Waals surface area contributed by atoms with Crippen molar-refractivity contribution in [3.05, 3.63) is 36.1 Å². The number of benzene rings is 1. The average Bonchev–Trinajstić information content (AvgIpc) is 3.32. The fourth-order valence-corrected chi connectivity index (χ4v) is 2.68. The summed E-state index contributed by atoms with van der Waals surface area (Å²) in [4.78, 5) is 6.44. The van der Waals surface area contributed by atoms with Gasteiger partial charge in [-0.1, -0.05) is 18.2 Å². The Morgan fingerprint density at radius 3 is 2.96 bits per heavy atom. The third-order valence-electron chi connectivity index (χ3n) is 4.33. The van der Waals surface area contributed by atoms with Gasteiger partial charge in [-0.3, -0.25) is 4.99 Å². The van der Waals surface area contributed by atoms with Gasteiger partial charge in [0.15, 0.2) is 5.96 Å². The van der Waals surface area contributed by atoms with Crippen LogP contribution < -0.4 is 5.32 Å². The van der Waals surface area contributed by atoms with Crippen molar-refractivity contribution in [1.82, 2.24) is 10.2 Å². The van der Waals surface area contributed by atoms with Gasteiger partial charge in [-0.15, -0.1) is 0 Å². The average molecular weight is 329 g/mol. The van der Waals surface area contributed by atoms with Gasteiger partial charge in [0, 0.05) is 45.6 Å². The fraction of sp³-hybridized carbons (Fsp3) is 0.526. The number of nitrogens with zero attached hydrogens (tertiary/aromatic N) is 2. The summed E-state index contributed by atoms with van der Waals surface area (Å²) >= 11 is 0. The molecule has 2 aromatic rings. The largest absolute Gasteiger partial charge is 0.461 e. The molecule has 1 aromatic carbocycles. The Balaban J connectivity index is 1.39. The Labute approximate surface area is 143 Å². The van der Waals surface area contributed by atoms with E-state index in [2.05, 4.69) is 27.3 Å². The lowest BCUT2D eigenvalue weighted by Crippen LogP contribution is -2.41. The van der Waals surface area contributed by atoms with Gasteiger partial charge in [-0.05, 0) is 30.9 Å². The van der Waals surface area contributed by atoms with Crippen molar-refractivity contribution < 1.29 is 9.15 Å². The summed E-state index contributed by atoms with van der Waals surface area (Å²) in [6.07, 6.45) is 3.50. The van der Waals surface area contributed by atoms with E-state index in [1.807, 2.05) is 32.3 Å². The highest BCUT2D eigenvalue weighted by molar-refractivity contribution is 5.79. The van der Waals surface area contributed by atoms with Crippen molar-refractivity contribution in [2.24, 2.45) is 10.9 Å². The second-order valence-electron chi connectivity index (χ2n) is 6.41. The molecule has 1 saturated carbocycles. The van der Waals surface area contributed by atoms with Crippen LogP contribution in [-0.4, -0.2) is 51.3 Å². The van der Waals surface area contributed by atoms with Crippen LogP contribution in [0.5, 0.6) is 0 Å². The van der Waals surface area contributed by atoms with Crippen molar-refractivity contribution in [3.63, 3.8) is 0 Å². The van der Waals surface area contributed by atoms with Crippen LogP contribution in [0.15, 0.2) is 39.7 Å². The van der Waals surface area contributed by atoms with E-state index in [0.717, 1.165) is 61.3 Å². The minimum absolute atomic E-state index is 0.747. The van der Waals surface area contributed by atoms with Crippen molar-refractivity contribution in [2.45, 2.75) is 19.3 Å². The monoisotopic (exact) mass is 329 g/mol. The Morgan fingerprint density at radius 1 is 1.38 bits per heavy atom. The Kier molecular flexibility index (Phi) is 5.75. The molecule has 3 rings (SSSR count). The quantitative estimate of drug-likeness (QED) is 0.460. The summed E-state index contributed by atoms with van der Waals surface area (Å²) in [5, 5.41) is 4.54. The topological polar surface area (TPSA) is 50.0 Å². The van der Waals surface area contributed by atoms with Gasteiger partial charge in [-0.25, -0.2) is 0 Å². The molecule has 0 atom stereocenters. The normalized spacial score (nSPS) is 15.0. The first kappa shape index (κ1) is 16.8. The van der Waals surface area contributed by atoms with Crippen LogP contribution in [0.3, 0.4) is 0 Å². The zero-order chi connectivity index (χ0) is 16.8. The van der Waals surface area contributed by atoms with Crippen LogP contribution in [0, 0.1) is 5.92 Å². The molecule has 130 valence electrons. The van der Waals surface area contributed by atoms with Gasteiger partial charge in [0.25, 0.3) is 0 Å². The number of furan rings is 1. The number of nitrogens with one attached hydrogen (secondary N) is 1. The van der Waals surface area contributed by atoms with Crippen LogP contribution in [0.4, 0.5) is 0 Å². The van der Waals surface area contributed by atoms with Gasteiger partial charge < -0.3 is 19.4 Å². The molecule has 1 fully saturated rings. The second kappa shape index (κ2) is 8.20. The van der Waals surface area contributed by atoms with Crippen LogP contribution in [0.25, 0.3) is 11.0 Å². The smallest absolute Gasteiger partial charge is 0.193 e. The van der Waals surface area contributed by atoms with Gasteiger partial charge in [0.05, 0.1) is 6.61 Å². The van der Waals surface area contributed by atoms with E-state index >= 15 is 0 Å². The summed E-state index contributed by atoms with van der Waals surface area (Å²) in [6, 6.07) is 10.2. The van der Waals surface area contributed by atoms with Crippen LogP contribution in [0.2, 0.25) is 0 Å². The molecule has 1 heterocycles. The molecule has 1 aliphatic rings. The first-order valence-corrected chi connectivity index (χ1v) is 8.73. The fourth-order valence-electron chi connectivity index (χ4n) is 2.68. The Bertz CT molecular complexity index is 643. The number of fused-ring (bicyclic) bond motifs is 1. The molecule has 0 amide bonds. The molecular weight excluding hydrogens is 302 g/mol. The zero-order valence-electron chi connectivity index (χ0n) is 14.6. The molecule has 5 heteroatoms. The molecule has 24 heavy (non-hydrogen) atoms. The molecule has 0 saturated heterocycles. The van der Waals surface area contributed by atoms with E-state index < -0.39 is 0 Å². The van der Waals surface area contributed by atoms with E-state index in [1.54, 1.807) is 0 Å². The van der Waals surface area contributed by atoms with Crippen LogP contribution >= 0.6 is 0 Å². The number of likely N-dealkylation sites (N-methyl/N-ethyl adjacent to an activating group) is 1. The second-order valence-corrected chi connectivity index (χ2v) is 6.41. The highest BCUT2D eigenvalue weighted by Crippen LogP contribution is 2.28. The Morgan fingerprint density at radius 2 is 2.21 bits per heavy atom. The van der Waals surface area contributed by atoms with Crippen LogP contribution in [-0.2, 0) is 11.2 Å². The van der Waals surface area contributed by atoms with Crippen LogP contribution in [0.1, 0.15) is 18.6 Å². The minimum Gasteiger partial charge on any atom is -0.461 e. The Hall–Kier alpha value is -2.01. The van der Waals surface area contributed by atoms with Gasteiger partial charge in [0.2, 0.25) is 0 Å². The minimum atomic E-state index is 0.747. The van der Waals surface area contributed by atoms with E-state index in [4.69, 9.17) is 9.15 Å². The molecule has 0 unspecified atom stereocenters. The third-order valence-corrected chi connectivity index (χ3v) is 4.33. The third kappa shape index (κ3) is 4.74. The lowest BCUT2D eigenvalue weighted by molar-refractivity contribution is 0.115. The lowest BCUT2D eigenvalue weighted by atomic mass is 10.2. The predicted octanol–water partition coefficient (Wildman–Crippen LogP) is 2.91. The predicted molar refractivity (Wildman–Crippen MR) is 97.5 cm³/mol. The maximum Gasteiger partial charge on any atom is 0.193 e. The molecule has 0 spiro atoms. The van der Waals surface area contributed by atoms with Crippen molar-refractivity contribution >= 4 is 16.9 Å². The summed E-state index contributed by atoms with van der Waals surface area (Å²) in [7, 11) is 3.85. The zero-order valence-corrected chi connectivity index (χ0v) is 14.6. The number of hydrogen-bond acceptors (Lipinski definition) is 3. The number of ether oxygens (including phenoxy) is 1. The van der Waals surface area contributed by atoms with E-state index in [9.17, 15) is 0 Å². The van der Waals surface area contributed by atoms with Crippen molar-refractivity contribution in [1.29, 1.82) is 0 Å². The molecule has 0 radical (unpaired) electrons. The van der Waals surface area contributed by atoms with E-state index in [0.29, 0.717) is 0 Å². The number of aliphatic imine (C=N–C) groups is 1. The maximum absolute atomic E-state index is 5.84. The number of hydrogen-bond donors (Lipinski definition) is 1. The summed E-state index contributed by atoms with van der Waals surface area (Å²) < 4.78 is 11.5. The molecule has 1 aliphatic carbocycles. The van der Waals surface area contributed by atoms with E-state index in [-0.39, 0.29) is 0 Å². The highest BCUT2D eigenvalue weighted by Gasteiger charge is 2.21. The molecule has 5 nitrogen and oxygen atoms in total. The van der Waals surface area contributed by atoms with Crippen molar-refractivity contribution in [3.8, 4) is 0 Å². The highest BCUT2D eigenvalue weighted by atomic mass is 16.5. The molecule has 0 bridgehead atoms. The number of guanidine groups is 1. The van der Waals surface area contributed by atoms with E-state index in [1.165, 1.54) is 12.8 Å². The standard InChI is InChI=1S/C19H27N3O2/c1-20-19(22(2)11-12-23-14-15-7-8-15)21-10-9-17-13-16-5-3-4-6-18(16)24-17/h3-6,13,15H,7-12,14H2,1-2H3,(H,20,21). The molecule has 1 N–H and O–H groups in total. The van der Waals surface area contributed by atoms with Crippen molar-refractivity contribution in [2.75, 3.05) is 40.4 Å². The summed E-state index contributed by atoms with van der Waals surface area (Å²) in [6.45, 7) is 3.29. The first-order valence-electron chi connectivity index (χ1n) is 8.73. The number of para-hydroxylation sites is 1. The first-order chi connectivity index (χ1) is 11.8. The number of rotatable bonds is 8. The summed E-state index contributed by atoms with van der Waals surface area (Å²) in [5.74, 6) is 2.70. The molecule has 0 aliphatic heterocycles. The molecular formula is C19H27N3O2. The lowest BCUT2D eigenvalue weighted by Gasteiger charge is -2.21. The van der Waals surface area contributed by atoms with Gasteiger partial charge in [0.1, 0.15) is 11.3 Å². The SMILES string of the molecule is CN=C(NCCc1cc2ccccc2o1)N(C)CCOCC1CC1. The maximum atomic E-state index is 5.84.